The van der Waals surface area contributed by atoms with Gasteiger partial charge in [0.2, 0.25) is 0 Å². The van der Waals surface area contributed by atoms with E-state index in [1.165, 1.54) is 6.07 Å². The molecule has 6 heteroatoms. The average molecular weight is 251 g/mol. The largest absolute Gasteiger partial charge is 0.481 e. The van der Waals surface area contributed by atoms with E-state index in [0.717, 1.165) is 18.7 Å². The summed E-state index contributed by atoms with van der Waals surface area (Å²) in [5.74, 6) is 0.819. The van der Waals surface area contributed by atoms with Crippen molar-refractivity contribution in [3.05, 3.63) is 22.2 Å². The van der Waals surface area contributed by atoms with E-state index in [1.807, 2.05) is 6.92 Å². The van der Waals surface area contributed by atoms with Crippen LogP contribution in [-0.2, 0) is 4.79 Å². The Morgan fingerprint density at radius 3 is 3.00 bits per heavy atom. The van der Waals surface area contributed by atoms with Crippen LogP contribution in [-0.4, -0.2) is 27.6 Å². The van der Waals surface area contributed by atoms with E-state index in [-0.39, 0.29) is 17.9 Å². The molecule has 18 heavy (non-hydrogen) atoms. The fourth-order valence-corrected chi connectivity index (χ4v) is 1.77. The van der Waals surface area contributed by atoms with Crippen molar-refractivity contribution in [1.82, 2.24) is 9.97 Å². The summed E-state index contributed by atoms with van der Waals surface area (Å²) in [6.45, 7) is 2.34. The van der Waals surface area contributed by atoms with Crippen LogP contribution < -0.4 is 10.9 Å². The van der Waals surface area contributed by atoms with Crippen LogP contribution in [0, 0.1) is 5.92 Å². The van der Waals surface area contributed by atoms with Crippen LogP contribution in [0.3, 0.4) is 0 Å². The van der Waals surface area contributed by atoms with Crippen molar-refractivity contribution in [2.45, 2.75) is 32.1 Å². The van der Waals surface area contributed by atoms with Crippen LogP contribution in [0.1, 0.15) is 37.9 Å². The number of hydrogen-bond acceptors (Lipinski definition) is 4. The van der Waals surface area contributed by atoms with Crippen LogP contribution in [0.5, 0.6) is 0 Å². The third-order valence-corrected chi connectivity index (χ3v) is 2.88. The molecular formula is C12H17N3O3. The minimum absolute atomic E-state index is 0.00652. The Kier molecular flexibility index (Phi) is 3.64. The van der Waals surface area contributed by atoms with Crippen molar-refractivity contribution < 1.29 is 9.90 Å². The minimum atomic E-state index is -0.818. The Morgan fingerprint density at radius 1 is 1.67 bits per heavy atom. The fraction of sp³-hybridized carbons (Fsp3) is 0.583. The van der Waals surface area contributed by atoms with Gasteiger partial charge in [0.1, 0.15) is 11.6 Å². The maximum atomic E-state index is 11.4. The fourth-order valence-electron chi connectivity index (χ4n) is 1.77. The second-order valence-corrected chi connectivity index (χ2v) is 4.87. The van der Waals surface area contributed by atoms with Crippen LogP contribution in [0.25, 0.3) is 0 Å². The Balaban J connectivity index is 1.96. The van der Waals surface area contributed by atoms with E-state index in [1.54, 1.807) is 0 Å². The molecule has 1 aromatic heterocycles. The molecule has 0 aromatic carbocycles. The summed E-state index contributed by atoms with van der Waals surface area (Å²) < 4.78 is 0. The summed E-state index contributed by atoms with van der Waals surface area (Å²) in [5, 5.41) is 11.7. The number of aliphatic carboxylic acids is 1. The van der Waals surface area contributed by atoms with Crippen molar-refractivity contribution in [2.75, 3.05) is 11.9 Å². The number of carbonyl (C=O) groups is 1. The Morgan fingerprint density at radius 2 is 2.39 bits per heavy atom. The molecule has 0 bridgehead atoms. The molecule has 0 amide bonds. The van der Waals surface area contributed by atoms with Gasteiger partial charge in [-0.25, -0.2) is 4.98 Å². The highest BCUT2D eigenvalue weighted by Gasteiger charge is 2.26. The molecule has 1 aromatic rings. The molecule has 0 aliphatic heterocycles. The smallest absolute Gasteiger partial charge is 0.303 e. The highest BCUT2D eigenvalue weighted by Crippen LogP contribution is 2.37. The first-order valence-electron chi connectivity index (χ1n) is 6.11. The first-order valence-corrected chi connectivity index (χ1v) is 6.11. The predicted octanol–water partition coefficient (Wildman–Crippen LogP) is 1.17. The van der Waals surface area contributed by atoms with E-state index in [2.05, 4.69) is 15.3 Å². The second-order valence-electron chi connectivity index (χ2n) is 4.87. The third-order valence-electron chi connectivity index (χ3n) is 2.88. The van der Waals surface area contributed by atoms with Crippen LogP contribution >= 0.6 is 0 Å². The quantitative estimate of drug-likeness (QED) is 0.705. The Bertz CT molecular complexity index is 494. The summed E-state index contributed by atoms with van der Waals surface area (Å²) in [7, 11) is 0. The molecule has 6 nitrogen and oxygen atoms in total. The van der Waals surface area contributed by atoms with Gasteiger partial charge in [-0.3, -0.25) is 9.59 Å². The molecule has 1 aliphatic rings. The number of anilines is 1. The zero-order valence-corrected chi connectivity index (χ0v) is 10.3. The molecular weight excluding hydrogens is 234 g/mol. The predicted molar refractivity (Wildman–Crippen MR) is 66.7 cm³/mol. The summed E-state index contributed by atoms with van der Waals surface area (Å²) in [6, 6.07) is 1.40. The molecule has 1 saturated carbocycles. The zero-order valence-electron chi connectivity index (χ0n) is 10.3. The van der Waals surface area contributed by atoms with Gasteiger partial charge in [0, 0.05) is 24.9 Å². The summed E-state index contributed by atoms with van der Waals surface area (Å²) >= 11 is 0. The van der Waals surface area contributed by atoms with Gasteiger partial charge in [-0.05, 0) is 18.8 Å². The highest BCUT2D eigenvalue weighted by molar-refractivity contribution is 5.67. The highest BCUT2D eigenvalue weighted by atomic mass is 16.4. The van der Waals surface area contributed by atoms with Crippen molar-refractivity contribution in [1.29, 1.82) is 0 Å². The zero-order chi connectivity index (χ0) is 13.1. The molecule has 0 spiro atoms. The average Bonchev–Trinajstić information content (AvgIpc) is 3.08. The maximum Gasteiger partial charge on any atom is 0.303 e. The molecule has 1 unspecified atom stereocenters. The van der Waals surface area contributed by atoms with Crippen molar-refractivity contribution in [3.8, 4) is 0 Å². The van der Waals surface area contributed by atoms with E-state index in [4.69, 9.17) is 5.11 Å². The molecule has 1 fully saturated rings. The van der Waals surface area contributed by atoms with Gasteiger partial charge in [0.05, 0.1) is 0 Å². The number of aromatic amines is 1. The first-order chi connectivity index (χ1) is 8.54. The number of carboxylic acids is 1. The van der Waals surface area contributed by atoms with Crippen LogP contribution in [0.15, 0.2) is 10.9 Å². The van der Waals surface area contributed by atoms with Crippen LogP contribution in [0.4, 0.5) is 5.82 Å². The summed E-state index contributed by atoms with van der Waals surface area (Å²) in [4.78, 5) is 29.0. The van der Waals surface area contributed by atoms with Gasteiger partial charge in [0.25, 0.3) is 5.56 Å². The first kappa shape index (κ1) is 12.6. The van der Waals surface area contributed by atoms with Gasteiger partial charge in [-0.1, -0.05) is 6.92 Å². The number of nitrogens with zero attached hydrogens (tertiary/aromatic N) is 1. The number of rotatable bonds is 6. The Labute approximate surface area is 104 Å². The van der Waals surface area contributed by atoms with E-state index in [0.29, 0.717) is 18.3 Å². The van der Waals surface area contributed by atoms with E-state index >= 15 is 0 Å². The van der Waals surface area contributed by atoms with Crippen LogP contribution in [0.2, 0.25) is 0 Å². The van der Waals surface area contributed by atoms with Gasteiger partial charge in [-0.15, -0.1) is 0 Å². The summed E-state index contributed by atoms with van der Waals surface area (Å²) in [6.07, 6.45) is 2.25. The molecule has 0 radical (unpaired) electrons. The molecule has 2 rings (SSSR count). The lowest BCUT2D eigenvalue weighted by Crippen LogP contribution is -2.18. The molecule has 98 valence electrons. The lowest BCUT2D eigenvalue weighted by Gasteiger charge is -2.11. The molecule has 1 atom stereocenters. The molecule has 1 heterocycles. The van der Waals surface area contributed by atoms with Crippen molar-refractivity contribution >= 4 is 11.8 Å². The van der Waals surface area contributed by atoms with Gasteiger partial charge < -0.3 is 15.4 Å². The normalized spacial score (nSPS) is 16.3. The topological polar surface area (TPSA) is 95.1 Å². The van der Waals surface area contributed by atoms with Crippen molar-refractivity contribution in [3.63, 3.8) is 0 Å². The lowest BCUT2D eigenvalue weighted by atomic mass is 10.1. The number of hydrogen-bond donors (Lipinski definition) is 3. The molecule has 3 N–H and O–H groups in total. The van der Waals surface area contributed by atoms with Gasteiger partial charge >= 0.3 is 5.97 Å². The lowest BCUT2D eigenvalue weighted by molar-refractivity contribution is -0.137. The number of aromatic nitrogens is 2. The number of carboxylic acid groups (broad SMARTS) is 1. The Hall–Kier alpha value is -1.85. The molecule has 0 saturated heterocycles. The summed E-state index contributed by atoms with van der Waals surface area (Å²) in [5.41, 5.74) is -0.166. The second kappa shape index (κ2) is 5.20. The van der Waals surface area contributed by atoms with Gasteiger partial charge in [0.15, 0.2) is 0 Å². The van der Waals surface area contributed by atoms with Crippen molar-refractivity contribution in [2.24, 2.45) is 5.92 Å². The monoisotopic (exact) mass is 251 g/mol. The van der Waals surface area contributed by atoms with Gasteiger partial charge in [-0.2, -0.15) is 0 Å². The molecule has 1 aliphatic carbocycles. The SMILES string of the molecule is CC(CNc1cc(=O)[nH]c(C2CC2)n1)CC(=O)O. The van der Waals surface area contributed by atoms with E-state index < -0.39 is 5.97 Å². The third kappa shape index (κ3) is 3.58. The maximum absolute atomic E-state index is 11.4. The number of nitrogens with one attached hydrogen (secondary N) is 2. The number of H-pyrrole nitrogens is 1. The van der Waals surface area contributed by atoms with E-state index in [9.17, 15) is 9.59 Å². The standard InChI is InChI=1S/C12H17N3O3/c1-7(4-11(17)18)6-13-9-5-10(16)15-12(14-9)8-2-3-8/h5,7-8H,2-4,6H2,1H3,(H,17,18)(H2,13,14,15,16). The minimum Gasteiger partial charge on any atom is -0.481 e.